The van der Waals surface area contributed by atoms with E-state index in [0.717, 1.165) is 30.7 Å². The van der Waals surface area contributed by atoms with Crippen LogP contribution in [0, 0.1) is 12.8 Å². The minimum absolute atomic E-state index is 0.197. The van der Waals surface area contributed by atoms with Crippen molar-refractivity contribution in [3.63, 3.8) is 0 Å². The van der Waals surface area contributed by atoms with Crippen molar-refractivity contribution < 1.29 is 23.8 Å². The number of ether oxygens (including phenoxy) is 3. The van der Waals surface area contributed by atoms with E-state index < -0.39 is 11.6 Å². The second-order valence-electron chi connectivity index (χ2n) is 9.94. The molecule has 2 aliphatic rings. The Balaban J connectivity index is 1.68. The highest BCUT2D eigenvalue weighted by Gasteiger charge is 2.41. The molecule has 0 aromatic heterocycles. The third kappa shape index (κ3) is 7.34. The molecule has 1 aromatic carbocycles. The third-order valence-corrected chi connectivity index (χ3v) is 6.39. The van der Waals surface area contributed by atoms with E-state index in [-0.39, 0.29) is 11.8 Å². The number of hydrogen-bond acceptors (Lipinski definition) is 6. The van der Waals surface area contributed by atoms with Crippen molar-refractivity contribution in [2.45, 2.75) is 70.9 Å². The van der Waals surface area contributed by atoms with Gasteiger partial charge in [-0.15, -0.1) is 0 Å². The molecule has 0 radical (unpaired) electrons. The van der Waals surface area contributed by atoms with E-state index in [2.05, 4.69) is 28.9 Å². The van der Waals surface area contributed by atoms with Crippen molar-refractivity contribution in [3.8, 4) is 5.75 Å². The third-order valence-electron chi connectivity index (χ3n) is 6.39. The summed E-state index contributed by atoms with van der Waals surface area (Å²) in [4.78, 5) is 25.7. The maximum Gasteiger partial charge on any atom is 0.408 e. The fourth-order valence-corrected chi connectivity index (χ4v) is 4.31. The maximum absolute atomic E-state index is 13.3. The molecule has 1 saturated heterocycles. The lowest BCUT2D eigenvalue weighted by atomic mass is 9.89. The average molecular weight is 476 g/mol. The van der Waals surface area contributed by atoms with Crippen LogP contribution >= 0.6 is 0 Å². The summed E-state index contributed by atoms with van der Waals surface area (Å²) >= 11 is 0. The predicted molar refractivity (Wildman–Crippen MR) is 131 cm³/mol. The van der Waals surface area contributed by atoms with Crippen LogP contribution < -0.4 is 20.7 Å². The van der Waals surface area contributed by atoms with Gasteiger partial charge in [-0.3, -0.25) is 4.79 Å². The highest BCUT2D eigenvalue weighted by molar-refractivity contribution is 5.90. The molecule has 0 spiro atoms. The van der Waals surface area contributed by atoms with E-state index in [9.17, 15) is 9.59 Å². The first-order chi connectivity index (χ1) is 16.3. The van der Waals surface area contributed by atoms with Gasteiger partial charge in [-0.05, 0) is 73.7 Å². The summed E-state index contributed by atoms with van der Waals surface area (Å²) < 4.78 is 16.5. The SMILES string of the molecule is COCCCOc1cc(CNC(=O)[C@@]2(NC(=O)OCC(C)C)CCCNC2)cc(C2CC2)c1C. The van der Waals surface area contributed by atoms with Crippen molar-refractivity contribution in [2.75, 3.05) is 40.0 Å². The van der Waals surface area contributed by atoms with Crippen molar-refractivity contribution >= 4 is 12.0 Å². The van der Waals surface area contributed by atoms with Crippen LogP contribution in [0.15, 0.2) is 12.1 Å². The van der Waals surface area contributed by atoms with Crippen LogP contribution in [0.2, 0.25) is 0 Å². The monoisotopic (exact) mass is 475 g/mol. The Hall–Kier alpha value is -2.32. The molecule has 34 heavy (non-hydrogen) atoms. The van der Waals surface area contributed by atoms with Crippen molar-refractivity contribution in [2.24, 2.45) is 5.92 Å². The minimum Gasteiger partial charge on any atom is -0.493 e. The van der Waals surface area contributed by atoms with Crippen LogP contribution in [0.1, 0.15) is 68.6 Å². The van der Waals surface area contributed by atoms with Gasteiger partial charge in [0.2, 0.25) is 5.91 Å². The lowest BCUT2D eigenvalue weighted by molar-refractivity contribution is -0.128. The van der Waals surface area contributed by atoms with Gasteiger partial charge in [0, 0.05) is 33.2 Å². The topological polar surface area (TPSA) is 97.9 Å². The molecule has 2 fully saturated rings. The summed E-state index contributed by atoms with van der Waals surface area (Å²) in [7, 11) is 1.69. The molecule has 1 saturated carbocycles. The Bertz CT molecular complexity index is 832. The van der Waals surface area contributed by atoms with Crippen LogP contribution in [-0.4, -0.2) is 57.6 Å². The van der Waals surface area contributed by atoms with Crippen LogP contribution in [0.3, 0.4) is 0 Å². The van der Waals surface area contributed by atoms with Crippen molar-refractivity contribution in [1.82, 2.24) is 16.0 Å². The van der Waals surface area contributed by atoms with Crippen molar-refractivity contribution in [3.05, 3.63) is 28.8 Å². The molecule has 3 rings (SSSR count). The lowest BCUT2D eigenvalue weighted by Gasteiger charge is -2.36. The molecule has 0 bridgehead atoms. The van der Waals surface area contributed by atoms with Crippen LogP contribution in [0.25, 0.3) is 0 Å². The summed E-state index contributed by atoms with van der Waals surface area (Å²) in [5, 5.41) is 9.16. The highest BCUT2D eigenvalue weighted by Crippen LogP contribution is 2.44. The average Bonchev–Trinajstić information content (AvgIpc) is 3.66. The van der Waals surface area contributed by atoms with Gasteiger partial charge in [-0.1, -0.05) is 19.9 Å². The number of rotatable bonds is 12. The molecule has 1 atom stereocenters. The van der Waals surface area contributed by atoms with Crippen LogP contribution in [0.4, 0.5) is 4.79 Å². The largest absolute Gasteiger partial charge is 0.493 e. The standard InChI is InChI=1S/C26H41N3O5/c1-18(2)16-34-25(31)29-26(9-5-10-27-17-26)24(30)28-15-20-13-22(21-7-8-21)19(3)23(14-20)33-12-6-11-32-4/h13-14,18,21,27H,5-12,15-17H2,1-4H3,(H,28,30)(H,29,31)/t26-/m1/s1. The Labute approximate surface area is 203 Å². The molecule has 1 aliphatic heterocycles. The van der Waals surface area contributed by atoms with Crippen LogP contribution in [-0.2, 0) is 20.8 Å². The molecule has 3 N–H and O–H groups in total. The fourth-order valence-electron chi connectivity index (χ4n) is 4.31. The first-order valence-electron chi connectivity index (χ1n) is 12.5. The zero-order chi connectivity index (χ0) is 24.6. The molecule has 8 nitrogen and oxygen atoms in total. The second kappa shape index (κ2) is 12.4. The van der Waals surface area contributed by atoms with E-state index in [1.165, 1.54) is 24.0 Å². The van der Waals surface area contributed by atoms with E-state index in [1.807, 2.05) is 19.9 Å². The fraction of sp³-hybridized carbons (Fsp3) is 0.692. The molecule has 1 aromatic rings. The van der Waals surface area contributed by atoms with Gasteiger partial charge >= 0.3 is 6.09 Å². The molecule has 0 unspecified atom stereocenters. The Kier molecular flexibility index (Phi) is 9.59. The number of carbonyl (C=O) groups excluding carboxylic acids is 2. The zero-order valence-electron chi connectivity index (χ0n) is 21.1. The van der Waals surface area contributed by atoms with E-state index >= 15 is 0 Å². The number of methoxy groups -OCH3 is 1. The number of amides is 2. The number of alkyl carbamates (subject to hydrolysis) is 1. The first kappa shape index (κ1) is 26.3. The normalized spacial score (nSPS) is 20.1. The maximum atomic E-state index is 13.3. The number of carbonyl (C=O) groups is 2. The molecule has 190 valence electrons. The summed E-state index contributed by atoms with van der Waals surface area (Å²) in [6.07, 6.45) is 4.02. The van der Waals surface area contributed by atoms with E-state index in [0.29, 0.717) is 45.2 Å². The number of hydrogen-bond donors (Lipinski definition) is 3. The number of benzene rings is 1. The first-order valence-corrected chi connectivity index (χ1v) is 12.5. The van der Waals surface area contributed by atoms with Gasteiger partial charge in [0.1, 0.15) is 11.3 Å². The predicted octanol–water partition coefficient (Wildman–Crippen LogP) is 3.41. The molecular formula is C26H41N3O5. The molecule has 1 heterocycles. The van der Waals surface area contributed by atoms with Gasteiger partial charge in [0.05, 0.1) is 13.2 Å². The summed E-state index contributed by atoms with van der Waals surface area (Å²) in [5.41, 5.74) is 2.47. The Morgan fingerprint density at radius 3 is 2.68 bits per heavy atom. The summed E-state index contributed by atoms with van der Waals surface area (Å²) in [6.45, 7) is 9.20. The Morgan fingerprint density at radius 1 is 1.24 bits per heavy atom. The molecule has 1 aliphatic carbocycles. The van der Waals surface area contributed by atoms with Crippen molar-refractivity contribution in [1.29, 1.82) is 0 Å². The quantitative estimate of drug-likeness (QED) is 0.401. The van der Waals surface area contributed by atoms with Gasteiger partial charge in [-0.2, -0.15) is 0 Å². The highest BCUT2D eigenvalue weighted by atomic mass is 16.5. The molecule has 2 amide bonds. The smallest absolute Gasteiger partial charge is 0.408 e. The van der Waals surface area contributed by atoms with Gasteiger partial charge < -0.3 is 30.2 Å². The minimum atomic E-state index is -1.02. The zero-order valence-corrected chi connectivity index (χ0v) is 21.1. The van der Waals surface area contributed by atoms with Gasteiger partial charge in [0.15, 0.2) is 0 Å². The number of nitrogens with one attached hydrogen (secondary N) is 3. The summed E-state index contributed by atoms with van der Waals surface area (Å²) in [5.74, 6) is 1.47. The second-order valence-corrected chi connectivity index (χ2v) is 9.94. The van der Waals surface area contributed by atoms with E-state index in [4.69, 9.17) is 14.2 Å². The number of piperidine rings is 1. The lowest BCUT2D eigenvalue weighted by Crippen LogP contribution is -2.65. The Morgan fingerprint density at radius 2 is 2.03 bits per heavy atom. The molecular weight excluding hydrogens is 434 g/mol. The van der Waals surface area contributed by atoms with Gasteiger partial charge in [-0.25, -0.2) is 4.79 Å². The van der Waals surface area contributed by atoms with Gasteiger partial charge in [0.25, 0.3) is 0 Å². The van der Waals surface area contributed by atoms with Crippen LogP contribution in [0.5, 0.6) is 5.75 Å². The van der Waals surface area contributed by atoms with E-state index in [1.54, 1.807) is 7.11 Å². The summed E-state index contributed by atoms with van der Waals surface area (Å²) in [6, 6.07) is 4.20. The molecule has 8 heteroatoms.